The molecule has 1 aromatic heterocycles. The summed E-state index contributed by atoms with van der Waals surface area (Å²) in [5, 5.41) is 5.69. The van der Waals surface area contributed by atoms with Crippen LogP contribution in [0.25, 0.3) is 5.69 Å². The standard InChI is InChI=1S/C20H17IN4O2/c21-14-3-1-4-17(13-14)24-11-2-5-18(24)19(26)23-15-6-8-16(9-7-15)25-12-10-22-20(25)27/h1-9,11,13H,10,12H2,(H,22,27)(H,23,26). The molecule has 2 aromatic carbocycles. The average Bonchev–Trinajstić information content (AvgIpc) is 3.31. The molecule has 0 atom stereocenters. The summed E-state index contributed by atoms with van der Waals surface area (Å²) in [6.07, 6.45) is 1.87. The van der Waals surface area contributed by atoms with Crippen LogP contribution in [0.3, 0.4) is 0 Å². The number of rotatable bonds is 4. The molecule has 7 heteroatoms. The van der Waals surface area contributed by atoms with Gasteiger partial charge < -0.3 is 15.2 Å². The number of urea groups is 1. The molecule has 0 saturated carbocycles. The molecular weight excluding hydrogens is 455 g/mol. The first-order valence-corrected chi connectivity index (χ1v) is 9.60. The van der Waals surface area contributed by atoms with E-state index in [0.717, 1.165) is 14.9 Å². The zero-order chi connectivity index (χ0) is 18.8. The molecule has 0 unspecified atom stereocenters. The van der Waals surface area contributed by atoms with Crippen molar-refractivity contribution in [3.05, 3.63) is 76.1 Å². The fourth-order valence-corrected chi connectivity index (χ4v) is 3.58. The molecule has 2 N–H and O–H groups in total. The second kappa shape index (κ2) is 7.43. The average molecular weight is 472 g/mol. The third-order valence-corrected chi connectivity index (χ3v) is 5.03. The van der Waals surface area contributed by atoms with Crippen LogP contribution in [-0.4, -0.2) is 29.6 Å². The highest BCUT2D eigenvalue weighted by Crippen LogP contribution is 2.21. The van der Waals surface area contributed by atoms with E-state index in [2.05, 4.69) is 33.2 Å². The Morgan fingerprint density at radius 2 is 1.85 bits per heavy atom. The van der Waals surface area contributed by atoms with E-state index in [-0.39, 0.29) is 11.9 Å². The number of nitrogens with one attached hydrogen (secondary N) is 2. The second-order valence-corrected chi connectivity index (χ2v) is 7.37. The van der Waals surface area contributed by atoms with E-state index < -0.39 is 0 Å². The number of hydrogen-bond donors (Lipinski definition) is 2. The van der Waals surface area contributed by atoms with E-state index in [4.69, 9.17) is 0 Å². The van der Waals surface area contributed by atoms with Crippen molar-refractivity contribution in [1.29, 1.82) is 0 Å². The number of halogens is 1. The summed E-state index contributed by atoms with van der Waals surface area (Å²) in [5.41, 5.74) is 2.98. The maximum absolute atomic E-state index is 12.7. The lowest BCUT2D eigenvalue weighted by atomic mass is 10.2. The molecule has 2 heterocycles. The van der Waals surface area contributed by atoms with Crippen LogP contribution in [0.2, 0.25) is 0 Å². The van der Waals surface area contributed by atoms with Crippen LogP contribution in [0, 0.1) is 3.57 Å². The van der Waals surface area contributed by atoms with E-state index in [1.165, 1.54) is 0 Å². The number of benzene rings is 2. The minimum Gasteiger partial charge on any atom is -0.336 e. The molecule has 3 aromatic rings. The summed E-state index contributed by atoms with van der Waals surface area (Å²) < 4.78 is 2.96. The Morgan fingerprint density at radius 1 is 1.04 bits per heavy atom. The smallest absolute Gasteiger partial charge is 0.321 e. The fraction of sp³-hybridized carbons (Fsp3) is 0.100. The van der Waals surface area contributed by atoms with Crippen LogP contribution in [0.15, 0.2) is 66.9 Å². The number of aromatic nitrogens is 1. The Labute approximate surface area is 170 Å². The van der Waals surface area contributed by atoms with Crippen LogP contribution in [-0.2, 0) is 0 Å². The lowest BCUT2D eigenvalue weighted by molar-refractivity contribution is 0.102. The Kier molecular flexibility index (Phi) is 4.85. The lowest BCUT2D eigenvalue weighted by Crippen LogP contribution is -2.27. The number of anilines is 2. The van der Waals surface area contributed by atoms with Crippen LogP contribution >= 0.6 is 22.6 Å². The van der Waals surface area contributed by atoms with Gasteiger partial charge in [-0.3, -0.25) is 9.69 Å². The third-order valence-electron chi connectivity index (χ3n) is 4.36. The predicted octanol–water partition coefficient (Wildman–Crippen LogP) is 3.86. The van der Waals surface area contributed by atoms with Gasteiger partial charge in [0.25, 0.3) is 5.91 Å². The van der Waals surface area contributed by atoms with Gasteiger partial charge in [-0.15, -0.1) is 0 Å². The molecule has 1 saturated heterocycles. The summed E-state index contributed by atoms with van der Waals surface area (Å²) in [6, 6.07) is 18.8. The van der Waals surface area contributed by atoms with Gasteiger partial charge in [0.2, 0.25) is 0 Å². The van der Waals surface area contributed by atoms with Crippen LogP contribution in [0.5, 0.6) is 0 Å². The Morgan fingerprint density at radius 3 is 2.56 bits per heavy atom. The summed E-state index contributed by atoms with van der Waals surface area (Å²) in [4.78, 5) is 26.1. The highest BCUT2D eigenvalue weighted by molar-refractivity contribution is 14.1. The number of nitrogens with zero attached hydrogens (tertiary/aromatic N) is 2. The van der Waals surface area contributed by atoms with E-state index in [0.29, 0.717) is 24.5 Å². The number of amides is 3. The van der Waals surface area contributed by atoms with Gasteiger partial charge >= 0.3 is 6.03 Å². The molecule has 136 valence electrons. The molecule has 1 fully saturated rings. The quantitative estimate of drug-likeness (QED) is 0.567. The lowest BCUT2D eigenvalue weighted by Gasteiger charge is -2.15. The highest BCUT2D eigenvalue weighted by Gasteiger charge is 2.21. The van der Waals surface area contributed by atoms with E-state index in [1.54, 1.807) is 23.1 Å². The molecule has 0 bridgehead atoms. The first-order chi connectivity index (χ1) is 13.1. The molecular formula is C20H17IN4O2. The molecule has 4 rings (SSSR count). The Bertz CT molecular complexity index is 997. The van der Waals surface area contributed by atoms with Gasteiger partial charge in [-0.1, -0.05) is 6.07 Å². The third kappa shape index (κ3) is 3.68. The normalized spacial score (nSPS) is 13.5. The van der Waals surface area contributed by atoms with Crippen molar-refractivity contribution in [2.45, 2.75) is 0 Å². The van der Waals surface area contributed by atoms with E-state index in [9.17, 15) is 9.59 Å². The summed E-state index contributed by atoms with van der Waals surface area (Å²) in [5.74, 6) is -0.189. The van der Waals surface area contributed by atoms with Crippen LogP contribution in [0.1, 0.15) is 10.5 Å². The molecule has 3 amide bonds. The molecule has 6 nitrogen and oxygen atoms in total. The van der Waals surface area contributed by atoms with Gasteiger partial charge in [0.1, 0.15) is 5.69 Å². The van der Waals surface area contributed by atoms with Crippen molar-refractivity contribution in [2.75, 3.05) is 23.3 Å². The zero-order valence-corrected chi connectivity index (χ0v) is 16.5. The first-order valence-electron chi connectivity index (χ1n) is 8.52. The van der Waals surface area contributed by atoms with Gasteiger partial charge in [0, 0.05) is 39.9 Å². The predicted molar refractivity (Wildman–Crippen MR) is 114 cm³/mol. The fourth-order valence-electron chi connectivity index (χ4n) is 3.05. The maximum Gasteiger partial charge on any atom is 0.321 e. The van der Waals surface area contributed by atoms with Gasteiger partial charge in [0.15, 0.2) is 0 Å². The van der Waals surface area contributed by atoms with Crippen LogP contribution < -0.4 is 15.5 Å². The summed E-state index contributed by atoms with van der Waals surface area (Å²) in [7, 11) is 0. The molecule has 1 aliphatic rings. The van der Waals surface area contributed by atoms with E-state index >= 15 is 0 Å². The van der Waals surface area contributed by atoms with Gasteiger partial charge in [-0.25, -0.2) is 4.79 Å². The Balaban J connectivity index is 1.52. The zero-order valence-electron chi connectivity index (χ0n) is 14.4. The Hall–Kier alpha value is -2.81. The SMILES string of the molecule is O=C(Nc1ccc(N2CCNC2=O)cc1)c1cccn1-c1cccc(I)c1. The van der Waals surface area contributed by atoms with Crippen molar-refractivity contribution in [3.63, 3.8) is 0 Å². The number of carbonyl (C=O) groups excluding carboxylic acids is 2. The van der Waals surface area contributed by atoms with Crippen molar-refractivity contribution in [3.8, 4) is 5.69 Å². The minimum absolute atomic E-state index is 0.0953. The number of hydrogen-bond acceptors (Lipinski definition) is 2. The molecule has 1 aliphatic heterocycles. The van der Waals surface area contributed by atoms with Crippen molar-refractivity contribution < 1.29 is 9.59 Å². The van der Waals surface area contributed by atoms with Crippen molar-refractivity contribution in [2.24, 2.45) is 0 Å². The van der Waals surface area contributed by atoms with Crippen molar-refractivity contribution in [1.82, 2.24) is 9.88 Å². The largest absolute Gasteiger partial charge is 0.336 e. The molecule has 0 aliphatic carbocycles. The van der Waals surface area contributed by atoms with Gasteiger partial charge in [0.05, 0.1) is 0 Å². The molecule has 0 spiro atoms. The maximum atomic E-state index is 12.7. The summed E-state index contributed by atoms with van der Waals surface area (Å²) >= 11 is 2.25. The highest BCUT2D eigenvalue weighted by atomic mass is 127. The number of carbonyl (C=O) groups is 2. The monoisotopic (exact) mass is 472 g/mol. The summed E-state index contributed by atoms with van der Waals surface area (Å²) in [6.45, 7) is 1.29. The van der Waals surface area contributed by atoms with Gasteiger partial charge in [-0.2, -0.15) is 0 Å². The first kappa shape index (κ1) is 17.6. The topological polar surface area (TPSA) is 66.4 Å². The van der Waals surface area contributed by atoms with Crippen molar-refractivity contribution >= 4 is 45.9 Å². The molecule has 0 radical (unpaired) electrons. The van der Waals surface area contributed by atoms with E-state index in [1.807, 2.05) is 53.2 Å². The van der Waals surface area contributed by atoms with Gasteiger partial charge in [-0.05, 0) is 77.2 Å². The molecule has 27 heavy (non-hydrogen) atoms. The van der Waals surface area contributed by atoms with Crippen LogP contribution in [0.4, 0.5) is 16.2 Å². The minimum atomic E-state index is -0.189. The second-order valence-electron chi connectivity index (χ2n) is 6.13.